The molecule has 5 rings (SSSR count). The Morgan fingerprint density at radius 1 is 0.900 bits per heavy atom. The number of benzene rings is 3. The maximum atomic E-state index is 14.0. The monoisotopic (exact) mass is 549 g/mol. The lowest BCUT2D eigenvalue weighted by atomic mass is 10.0. The molecule has 0 aliphatic carbocycles. The highest BCUT2D eigenvalue weighted by atomic mass is 19.4. The Hall–Kier alpha value is -4.47. The first-order chi connectivity index (χ1) is 19.2. The number of aryl methyl sites for hydroxylation is 1. The molecule has 0 atom stereocenters. The zero-order valence-corrected chi connectivity index (χ0v) is 21.8. The Morgan fingerprint density at radius 2 is 1.60 bits per heavy atom. The molecule has 0 spiro atoms. The minimum absolute atomic E-state index is 0.279. The predicted octanol–water partition coefficient (Wildman–Crippen LogP) is 6.55. The molecular formula is C30H27F4N5O. The second-order valence-electron chi connectivity index (χ2n) is 9.56. The summed E-state index contributed by atoms with van der Waals surface area (Å²) in [6, 6.07) is 20.3. The summed E-state index contributed by atoms with van der Waals surface area (Å²) in [5, 5.41) is 2.42. The fourth-order valence-electron chi connectivity index (χ4n) is 4.76. The summed E-state index contributed by atoms with van der Waals surface area (Å²) >= 11 is 0. The molecule has 1 aliphatic heterocycles. The molecule has 1 fully saturated rings. The van der Waals surface area contributed by atoms with Crippen LogP contribution in [0.25, 0.3) is 11.4 Å². The average molecular weight is 550 g/mol. The number of aromatic nitrogens is 2. The quantitative estimate of drug-likeness (QED) is 0.287. The molecule has 0 bridgehead atoms. The Bertz CT molecular complexity index is 1500. The summed E-state index contributed by atoms with van der Waals surface area (Å²) in [5.74, 6) is 0.700. The zero-order chi connectivity index (χ0) is 28.3. The Labute approximate surface area is 229 Å². The number of hydrogen-bond acceptors (Lipinski definition) is 4. The Kier molecular flexibility index (Phi) is 7.68. The molecule has 2 amide bonds. The number of carbonyl (C=O) groups excluding carboxylic acids is 1. The van der Waals surface area contributed by atoms with Gasteiger partial charge in [-0.25, -0.2) is 19.2 Å². The van der Waals surface area contributed by atoms with E-state index in [0.29, 0.717) is 36.7 Å². The lowest BCUT2D eigenvalue weighted by Gasteiger charge is -2.36. The number of anilines is 2. The molecule has 4 aromatic rings. The van der Waals surface area contributed by atoms with Crippen molar-refractivity contribution in [3.63, 3.8) is 0 Å². The first kappa shape index (κ1) is 27.1. The van der Waals surface area contributed by atoms with Crippen molar-refractivity contribution in [2.45, 2.75) is 19.5 Å². The van der Waals surface area contributed by atoms with Crippen molar-refractivity contribution in [1.82, 2.24) is 14.9 Å². The third-order valence-electron chi connectivity index (χ3n) is 6.84. The van der Waals surface area contributed by atoms with E-state index in [-0.39, 0.29) is 24.6 Å². The van der Waals surface area contributed by atoms with Gasteiger partial charge in [0, 0.05) is 49.4 Å². The Morgan fingerprint density at radius 3 is 2.30 bits per heavy atom. The largest absolute Gasteiger partial charge is 0.418 e. The molecule has 1 N–H and O–H groups in total. The van der Waals surface area contributed by atoms with Gasteiger partial charge in [0.05, 0.1) is 11.3 Å². The van der Waals surface area contributed by atoms with E-state index in [1.54, 1.807) is 12.1 Å². The number of nitrogens with zero attached hydrogens (tertiary/aromatic N) is 4. The molecule has 206 valence electrons. The number of nitrogens with one attached hydrogen (secondary N) is 1. The van der Waals surface area contributed by atoms with Crippen LogP contribution in [0.15, 0.2) is 78.9 Å². The fraction of sp³-hybridized carbons (Fsp3) is 0.233. The van der Waals surface area contributed by atoms with Gasteiger partial charge in [-0.1, -0.05) is 54.6 Å². The van der Waals surface area contributed by atoms with E-state index in [9.17, 15) is 22.4 Å². The number of urea groups is 1. The molecule has 6 nitrogen and oxygen atoms in total. The van der Waals surface area contributed by atoms with Crippen LogP contribution in [0, 0.1) is 12.7 Å². The second kappa shape index (κ2) is 11.3. The number of hydrogen-bond donors (Lipinski definition) is 1. The highest BCUT2D eigenvalue weighted by Crippen LogP contribution is 2.35. The summed E-state index contributed by atoms with van der Waals surface area (Å²) in [4.78, 5) is 26.0. The molecule has 3 aromatic carbocycles. The van der Waals surface area contributed by atoms with Gasteiger partial charge in [0.1, 0.15) is 11.6 Å². The van der Waals surface area contributed by atoms with Gasteiger partial charge >= 0.3 is 12.2 Å². The number of alkyl halides is 3. The summed E-state index contributed by atoms with van der Waals surface area (Å²) in [6.45, 7) is 3.28. The minimum Gasteiger partial charge on any atom is -0.353 e. The first-order valence-electron chi connectivity index (χ1n) is 12.8. The number of para-hydroxylation sites is 1. The van der Waals surface area contributed by atoms with Gasteiger partial charge in [0.2, 0.25) is 0 Å². The van der Waals surface area contributed by atoms with E-state index >= 15 is 0 Å². The third kappa shape index (κ3) is 6.06. The predicted molar refractivity (Wildman–Crippen MR) is 146 cm³/mol. The minimum atomic E-state index is -4.58. The van der Waals surface area contributed by atoms with E-state index in [0.717, 1.165) is 22.9 Å². The van der Waals surface area contributed by atoms with Gasteiger partial charge in [-0.2, -0.15) is 13.2 Å². The zero-order valence-electron chi connectivity index (χ0n) is 21.8. The standard InChI is InChI=1S/C30H27F4N5O/c1-20-24(18-21-8-3-2-4-9-21)28(37-27(35-20)22-10-7-11-23(31)19-22)38-14-16-39(17-15-38)29(40)36-26-13-6-5-12-25(26)30(32,33)34/h2-13,19H,14-18H2,1H3,(H,36,40). The summed E-state index contributed by atoms with van der Waals surface area (Å²) in [6.07, 6.45) is -4.00. The molecular weight excluding hydrogens is 522 g/mol. The van der Waals surface area contributed by atoms with Gasteiger partial charge in [-0.3, -0.25) is 0 Å². The van der Waals surface area contributed by atoms with Crippen LogP contribution in [0.5, 0.6) is 0 Å². The SMILES string of the molecule is Cc1nc(-c2cccc(F)c2)nc(N2CCN(C(=O)Nc3ccccc3C(F)(F)F)CC2)c1Cc1ccccc1. The first-order valence-corrected chi connectivity index (χ1v) is 12.8. The normalized spacial score (nSPS) is 13.8. The van der Waals surface area contributed by atoms with Gasteiger partial charge in [-0.15, -0.1) is 0 Å². The number of halogens is 4. The van der Waals surface area contributed by atoms with Crippen molar-refractivity contribution in [2.75, 3.05) is 36.4 Å². The van der Waals surface area contributed by atoms with Crippen LogP contribution in [0.2, 0.25) is 0 Å². The van der Waals surface area contributed by atoms with Gasteiger partial charge in [0.25, 0.3) is 0 Å². The van der Waals surface area contributed by atoms with E-state index < -0.39 is 17.8 Å². The van der Waals surface area contributed by atoms with E-state index in [2.05, 4.69) is 10.3 Å². The van der Waals surface area contributed by atoms with Crippen LogP contribution in [-0.2, 0) is 12.6 Å². The molecule has 0 saturated carbocycles. The highest BCUT2D eigenvalue weighted by molar-refractivity contribution is 5.90. The van der Waals surface area contributed by atoms with Crippen molar-refractivity contribution < 1.29 is 22.4 Å². The van der Waals surface area contributed by atoms with Crippen molar-refractivity contribution >= 4 is 17.5 Å². The summed E-state index contributed by atoms with van der Waals surface area (Å²) in [7, 11) is 0. The summed E-state index contributed by atoms with van der Waals surface area (Å²) < 4.78 is 54.1. The van der Waals surface area contributed by atoms with Gasteiger partial charge in [0.15, 0.2) is 5.82 Å². The van der Waals surface area contributed by atoms with Crippen molar-refractivity contribution in [2.24, 2.45) is 0 Å². The lowest BCUT2D eigenvalue weighted by molar-refractivity contribution is -0.136. The molecule has 0 unspecified atom stereocenters. The van der Waals surface area contributed by atoms with Gasteiger partial charge in [-0.05, 0) is 36.8 Å². The van der Waals surface area contributed by atoms with Crippen LogP contribution in [-0.4, -0.2) is 47.1 Å². The molecule has 1 aliphatic rings. The number of rotatable bonds is 5. The molecule has 2 heterocycles. The Balaban J connectivity index is 1.39. The fourth-order valence-corrected chi connectivity index (χ4v) is 4.76. The van der Waals surface area contributed by atoms with Crippen LogP contribution in [0.4, 0.5) is 33.9 Å². The highest BCUT2D eigenvalue weighted by Gasteiger charge is 2.34. The number of piperazine rings is 1. The van der Waals surface area contributed by atoms with Gasteiger partial charge < -0.3 is 15.1 Å². The average Bonchev–Trinajstić information content (AvgIpc) is 2.94. The van der Waals surface area contributed by atoms with Crippen LogP contribution in [0.3, 0.4) is 0 Å². The second-order valence-corrected chi connectivity index (χ2v) is 9.56. The molecule has 0 radical (unpaired) electrons. The maximum absolute atomic E-state index is 14.0. The molecule has 1 aromatic heterocycles. The number of amides is 2. The molecule has 10 heteroatoms. The molecule has 1 saturated heterocycles. The van der Waals surface area contributed by atoms with Crippen LogP contribution < -0.4 is 10.2 Å². The van der Waals surface area contributed by atoms with E-state index in [1.807, 2.05) is 42.2 Å². The lowest BCUT2D eigenvalue weighted by Crippen LogP contribution is -2.50. The third-order valence-corrected chi connectivity index (χ3v) is 6.84. The topological polar surface area (TPSA) is 61.4 Å². The van der Waals surface area contributed by atoms with Crippen molar-refractivity contribution in [3.8, 4) is 11.4 Å². The number of carbonyl (C=O) groups is 1. The van der Waals surface area contributed by atoms with Crippen molar-refractivity contribution in [1.29, 1.82) is 0 Å². The van der Waals surface area contributed by atoms with Crippen LogP contribution in [0.1, 0.15) is 22.4 Å². The van der Waals surface area contributed by atoms with E-state index in [1.165, 1.54) is 35.2 Å². The van der Waals surface area contributed by atoms with Crippen LogP contribution >= 0.6 is 0 Å². The molecule has 40 heavy (non-hydrogen) atoms. The van der Waals surface area contributed by atoms with Crippen molar-refractivity contribution in [3.05, 3.63) is 107 Å². The smallest absolute Gasteiger partial charge is 0.353 e. The maximum Gasteiger partial charge on any atom is 0.418 e. The summed E-state index contributed by atoms with van der Waals surface area (Å²) in [5.41, 5.74) is 2.14. The van der Waals surface area contributed by atoms with E-state index in [4.69, 9.17) is 4.98 Å².